The zero-order chi connectivity index (χ0) is 42.2. The molecule has 0 saturated heterocycles. The summed E-state index contributed by atoms with van der Waals surface area (Å²) in [5.41, 5.74) is 4.99. The quantitative estimate of drug-likeness (QED) is 0.0686. The van der Waals surface area contributed by atoms with Crippen molar-refractivity contribution in [1.82, 2.24) is 31.3 Å². The lowest BCUT2D eigenvalue weighted by Crippen LogP contribution is -2.37. The Morgan fingerprint density at radius 1 is 0.881 bits per heavy atom. The number of H-pyrrole nitrogens is 1. The highest BCUT2D eigenvalue weighted by molar-refractivity contribution is 5.96. The van der Waals surface area contributed by atoms with E-state index in [0.717, 1.165) is 40.7 Å². The highest BCUT2D eigenvalue weighted by Crippen LogP contribution is 2.32. The molecule has 4 aromatic rings. The molecule has 15 nitrogen and oxygen atoms in total. The summed E-state index contributed by atoms with van der Waals surface area (Å²) in [7, 11) is 0. The second-order valence-electron chi connectivity index (χ2n) is 15.9. The van der Waals surface area contributed by atoms with E-state index in [1.807, 2.05) is 64.1 Å². The number of tetrazole rings is 1. The van der Waals surface area contributed by atoms with Crippen LogP contribution in [-0.2, 0) is 30.2 Å². The first-order valence-electron chi connectivity index (χ1n) is 20.3. The fraction of sp³-hybridized carbons (Fsp3) is 0.477. The maximum Gasteiger partial charge on any atom is 0.407 e. The Morgan fingerprint density at radius 2 is 1.63 bits per heavy atom. The Morgan fingerprint density at radius 3 is 2.31 bits per heavy atom. The molecule has 0 aliphatic heterocycles. The van der Waals surface area contributed by atoms with Crippen LogP contribution >= 0.6 is 0 Å². The lowest BCUT2D eigenvalue weighted by atomic mass is 9.77. The van der Waals surface area contributed by atoms with Crippen molar-refractivity contribution < 1.29 is 38.5 Å². The summed E-state index contributed by atoms with van der Waals surface area (Å²) in [5.74, 6) is -0.493. The van der Waals surface area contributed by atoms with Gasteiger partial charge in [-0.15, -0.1) is 10.2 Å². The van der Waals surface area contributed by atoms with Crippen LogP contribution in [-0.4, -0.2) is 101 Å². The third-order valence-corrected chi connectivity index (χ3v) is 10.2. The fourth-order valence-electron chi connectivity index (χ4n) is 7.13. The summed E-state index contributed by atoms with van der Waals surface area (Å²) >= 11 is 0. The molecule has 1 saturated carbocycles. The monoisotopic (exact) mass is 811 g/mol. The number of aromatic nitrogens is 4. The number of benzene rings is 3. The Labute approximate surface area is 345 Å². The molecule has 1 aromatic heterocycles. The third kappa shape index (κ3) is 14.4. The van der Waals surface area contributed by atoms with Crippen LogP contribution in [0.3, 0.4) is 0 Å². The minimum atomic E-state index is -0.634. The van der Waals surface area contributed by atoms with Crippen LogP contribution in [0, 0.1) is 24.7 Å². The van der Waals surface area contributed by atoms with Crippen LogP contribution in [0.5, 0.6) is 0 Å². The van der Waals surface area contributed by atoms with Gasteiger partial charge in [-0.3, -0.25) is 14.4 Å². The molecule has 316 valence electrons. The first kappa shape index (κ1) is 44.6. The van der Waals surface area contributed by atoms with Crippen LogP contribution < -0.4 is 16.0 Å². The largest absolute Gasteiger partial charge is 0.444 e. The van der Waals surface area contributed by atoms with Gasteiger partial charge in [-0.05, 0) is 130 Å². The number of aliphatic hydroxyl groups is 1. The van der Waals surface area contributed by atoms with Crippen LogP contribution in [0.4, 0.5) is 10.5 Å². The van der Waals surface area contributed by atoms with Gasteiger partial charge >= 0.3 is 6.09 Å². The predicted molar refractivity (Wildman–Crippen MR) is 222 cm³/mol. The molecular formula is C44H57N7O8. The van der Waals surface area contributed by atoms with Crippen molar-refractivity contribution in [3.8, 4) is 22.5 Å². The number of hydrogen-bond acceptors (Lipinski definition) is 11. The molecule has 3 amide bonds. The number of amides is 3. The minimum Gasteiger partial charge on any atom is -0.444 e. The van der Waals surface area contributed by atoms with Crippen molar-refractivity contribution in [1.29, 1.82) is 0 Å². The molecule has 0 spiro atoms. The normalized spacial score (nSPS) is 15.9. The number of ketones is 1. The summed E-state index contributed by atoms with van der Waals surface area (Å²) in [5, 5.41) is 31.6. The number of nitrogens with zero attached hydrogens (tertiary/aromatic N) is 3. The van der Waals surface area contributed by atoms with E-state index in [0.29, 0.717) is 69.2 Å². The first-order valence-corrected chi connectivity index (χ1v) is 20.3. The average molecular weight is 812 g/mol. The number of aryl methyl sites for hydroxylation is 1. The Balaban J connectivity index is 1.23. The van der Waals surface area contributed by atoms with Gasteiger partial charge in [-0.1, -0.05) is 30.3 Å². The van der Waals surface area contributed by atoms with E-state index in [2.05, 4.69) is 36.6 Å². The van der Waals surface area contributed by atoms with E-state index >= 15 is 0 Å². The van der Waals surface area contributed by atoms with Crippen LogP contribution in [0.1, 0.15) is 74.4 Å². The van der Waals surface area contributed by atoms with Crippen LogP contribution in [0.2, 0.25) is 0 Å². The maximum absolute atomic E-state index is 14.0. The number of carbonyl (C=O) groups is 4. The molecule has 15 heteroatoms. The smallest absolute Gasteiger partial charge is 0.407 e. The van der Waals surface area contributed by atoms with Crippen LogP contribution in [0.25, 0.3) is 22.5 Å². The van der Waals surface area contributed by atoms with Crippen molar-refractivity contribution in [2.24, 2.45) is 17.8 Å². The number of alkyl carbamates (subject to hydrolysis) is 1. The number of rotatable bonds is 20. The summed E-state index contributed by atoms with van der Waals surface area (Å²) in [4.78, 5) is 52.9. The molecule has 1 atom stereocenters. The molecule has 3 aromatic carbocycles. The summed E-state index contributed by atoms with van der Waals surface area (Å²) in [6.07, 6.45) is 2.99. The number of ether oxygens (including phenoxy) is 3. The summed E-state index contributed by atoms with van der Waals surface area (Å²) < 4.78 is 16.0. The van der Waals surface area contributed by atoms with Gasteiger partial charge in [0, 0.05) is 48.2 Å². The van der Waals surface area contributed by atoms with E-state index in [4.69, 9.17) is 19.3 Å². The highest BCUT2D eigenvalue weighted by Gasteiger charge is 2.31. The van der Waals surface area contributed by atoms with Gasteiger partial charge in [-0.25, -0.2) is 4.79 Å². The molecule has 0 radical (unpaired) electrons. The molecule has 5 rings (SSSR count). The number of Topliss-reactive ketones (excluding diaryl/α,β-unsaturated/α-hetero) is 1. The lowest BCUT2D eigenvalue weighted by molar-refractivity contribution is -0.129. The number of aliphatic hydroxyl groups excluding tert-OH is 1. The van der Waals surface area contributed by atoms with Crippen molar-refractivity contribution in [2.75, 3.05) is 51.4 Å². The van der Waals surface area contributed by atoms with Crippen molar-refractivity contribution in [3.63, 3.8) is 0 Å². The van der Waals surface area contributed by atoms with Gasteiger partial charge in [-0.2, -0.15) is 5.21 Å². The Bertz CT molecular complexity index is 1970. The highest BCUT2D eigenvalue weighted by atomic mass is 16.6. The molecule has 0 unspecified atom stereocenters. The van der Waals surface area contributed by atoms with E-state index in [9.17, 15) is 19.2 Å². The van der Waals surface area contributed by atoms with Gasteiger partial charge < -0.3 is 35.3 Å². The summed E-state index contributed by atoms with van der Waals surface area (Å²) in [6.45, 7) is 9.60. The second kappa shape index (κ2) is 22.0. The Hall–Kier alpha value is -5.51. The van der Waals surface area contributed by atoms with Gasteiger partial charge in [0.15, 0.2) is 0 Å². The van der Waals surface area contributed by atoms with E-state index < -0.39 is 17.6 Å². The number of aromatic amines is 1. The molecule has 0 bridgehead atoms. The van der Waals surface area contributed by atoms with Gasteiger partial charge in [0.1, 0.15) is 11.4 Å². The van der Waals surface area contributed by atoms with Crippen molar-refractivity contribution >= 4 is 29.4 Å². The van der Waals surface area contributed by atoms with E-state index in [1.165, 1.54) is 0 Å². The lowest BCUT2D eigenvalue weighted by Gasteiger charge is -2.29. The molecule has 1 fully saturated rings. The second-order valence-corrected chi connectivity index (χ2v) is 15.9. The molecule has 59 heavy (non-hydrogen) atoms. The van der Waals surface area contributed by atoms with Gasteiger partial charge in [0.2, 0.25) is 11.7 Å². The summed E-state index contributed by atoms with van der Waals surface area (Å²) in [6, 6.07) is 20.6. The number of anilines is 1. The fourth-order valence-corrected chi connectivity index (χ4v) is 7.13. The SMILES string of the molecule is Cc1cc(C(=O)NCCOCCOCCO)ccc1-c1cccc(C[C@H](CC(=O)C2CCC(CNC(=O)OC(C)(C)C)CC2)C(=O)Nc2ccc(-c3nn[nH]n3)cc2)c1. The zero-order valence-corrected chi connectivity index (χ0v) is 34.4. The van der Waals surface area contributed by atoms with Crippen molar-refractivity contribution in [3.05, 3.63) is 83.4 Å². The minimum absolute atomic E-state index is 0.0358. The van der Waals surface area contributed by atoms with E-state index in [1.54, 1.807) is 30.3 Å². The zero-order valence-electron chi connectivity index (χ0n) is 34.4. The van der Waals surface area contributed by atoms with Gasteiger partial charge in [0.25, 0.3) is 5.91 Å². The first-order chi connectivity index (χ1) is 28.4. The van der Waals surface area contributed by atoms with Crippen LogP contribution in [0.15, 0.2) is 66.7 Å². The standard InChI is InChI=1S/C44H57N7O8/c1-29-24-35(41(54)45-18-20-57-22-23-58-21-19-52)14-17-38(29)34-7-5-6-31(25-34)26-36(42(55)47-37-15-12-33(13-16-37)40-48-50-51-49-40)27-39(53)32-10-8-30(9-11-32)28-46-43(56)59-44(2,3)4/h5-7,12-17,24-25,30,32,36,52H,8-11,18-23,26-28H2,1-4H3,(H,45,54)(H,46,56)(H,47,55)(H,48,49,50,51)/t30?,32?,36-/m1/s1. The Kier molecular flexibility index (Phi) is 16.6. The molecular weight excluding hydrogens is 755 g/mol. The topological polar surface area (TPSA) is 207 Å². The van der Waals surface area contributed by atoms with Crippen molar-refractivity contribution in [2.45, 2.75) is 71.8 Å². The molecule has 5 N–H and O–H groups in total. The number of nitrogens with one attached hydrogen (secondary N) is 4. The average Bonchev–Trinajstić information content (AvgIpc) is 3.76. The number of carbonyl (C=O) groups excluding carboxylic acids is 4. The van der Waals surface area contributed by atoms with E-state index in [-0.39, 0.29) is 49.1 Å². The van der Waals surface area contributed by atoms with Gasteiger partial charge in [0.05, 0.1) is 33.0 Å². The third-order valence-electron chi connectivity index (χ3n) is 10.2. The predicted octanol–water partition coefficient (Wildman–Crippen LogP) is 5.69. The molecule has 1 heterocycles. The number of hydrogen-bond donors (Lipinski definition) is 5. The molecule has 1 aliphatic carbocycles. The maximum atomic E-state index is 14.0. The molecule has 1 aliphatic rings.